The van der Waals surface area contributed by atoms with Crippen molar-refractivity contribution in [2.45, 2.75) is 13.1 Å². The predicted octanol–water partition coefficient (Wildman–Crippen LogP) is 3.90. The van der Waals surface area contributed by atoms with Crippen molar-refractivity contribution in [3.8, 4) is 5.75 Å². The fourth-order valence-corrected chi connectivity index (χ4v) is 2.05. The molecule has 2 aromatic carbocycles. The summed E-state index contributed by atoms with van der Waals surface area (Å²) in [6, 6.07) is 10.2. The Morgan fingerprint density at radius 2 is 1.81 bits per heavy atom. The van der Waals surface area contributed by atoms with Gasteiger partial charge in [-0.15, -0.1) is 0 Å². The largest absolute Gasteiger partial charge is 0.482 e. The van der Waals surface area contributed by atoms with E-state index in [9.17, 15) is 22.8 Å². The summed E-state index contributed by atoms with van der Waals surface area (Å²) in [7, 11) is 0. The highest BCUT2D eigenvalue weighted by molar-refractivity contribution is 6.04. The van der Waals surface area contributed by atoms with Crippen molar-refractivity contribution in [1.82, 2.24) is 0 Å². The molecule has 0 spiro atoms. The number of alkyl halides is 3. The Balaban J connectivity index is 2.05. The van der Waals surface area contributed by atoms with E-state index in [0.29, 0.717) is 11.4 Å². The summed E-state index contributed by atoms with van der Waals surface area (Å²) < 4.78 is 48.2. The van der Waals surface area contributed by atoms with Gasteiger partial charge in [0.2, 0.25) is 0 Å². The molecule has 138 valence electrons. The van der Waals surface area contributed by atoms with Gasteiger partial charge in [-0.05, 0) is 37.3 Å². The molecule has 0 unspecified atom stereocenters. The minimum atomic E-state index is -4.53. The number of halogens is 3. The number of esters is 1. The highest BCUT2D eigenvalue weighted by Gasteiger charge is 2.30. The monoisotopic (exact) mass is 367 g/mol. The van der Waals surface area contributed by atoms with Crippen molar-refractivity contribution in [1.29, 1.82) is 0 Å². The molecule has 0 aromatic heterocycles. The van der Waals surface area contributed by atoms with E-state index in [-0.39, 0.29) is 18.8 Å². The van der Waals surface area contributed by atoms with Crippen molar-refractivity contribution in [2.75, 3.05) is 18.5 Å². The Morgan fingerprint density at radius 1 is 1.08 bits per heavy atom. The molecule has 2 aromatic rings. The topological polar surface area (TPSA) is 64.6 Å². The van der Waals surface area contributed by atoms with E-state index < -0.39 is 23.6 Å². The van der Waals surface area contributed by atoms with Gasteiger partial charge in [0, 0.05) is 17.3 Å². The lowest BCUT2D eigenvalue weighted by molar-refractivity contribution is -0.145. The zero-order chi connectivity index (χ0) is 19.2. The first-order chi connectivity index (χ1) is 12.3. The molecule has 0 heterocycles. The van der Waals surface area contributed by atoms with Gasteiger partial charge in [-0.1, -0.05) is 12.1 Å². The Kier molecular flexibility index (Phi) is 6.21. The first-order valence-corrected chi connectivity index (χ1v) is 7.66. The third kappa shape index (κ3) is 5.51. The normalized spacial score (nSPS) is 10.9. The number of ether oxygens (including phenoxy) is 2. The lowest BCUT2D eigenvalue weighted by Gasteiger charge is -2.10. The van der Waals surface area contributed by atoms with Crippen LogP contribution in [0.25, 0.3) is 0 Å². The number of carbonyl (C=O) groups is 2. The van der Waals surface area contributed by atoms with Gasteiger partial charge in [-0.3, -0.25) is 4.79 Å². The van der Waals surface area contributed by atoms with Gasteiger partial charge in [0.25, 0.3) is 5.91 Å². The summed E-state index contributed by atoms with van der Waals surface area (Å²) in [6.45, 7) is 1.61. The standard InChI is InChI=1S/C18H16F3NO4/c1-2-25-16(23)11-26-15-8-4-7-14(10-15)22-17(24)12-5-3-6-13(9-12)18(19,20)21/h3-10H,2,11H2,1H3,(H,22,24). The van der Waals surface area contributed by atoms with Crippen molar-refractivity contribution in [3.63, 3.8) is 0 Å². The Hall–Kier alpha value is -3.03. The molecule has 0 radical (unpaired) electrons. The van der Waals surface area contributed by atoms with Crippen molar-refractivity contribution < 1.29 is 32.2 Å². The summed E-state index contributed by atoms with van der Waals surface area (Å²) in [6.07, 6.45) is -4.53. The number of hydrogen-bond donors (Lipinski definition) is 1. The Morgan fingerprint density at radius 3 is 2.50 bits per heavy atom. The molecular formula is C18H16F3NO4. The van der Waals surface area contributed by atoms with Gasteiger partial charge >= 0.3 is 12.1 Å². The average molecular weight is 367 g/mol. The number of rotatable bonds is 6. The highest BCUT2D eigenvalue weighted by atomic mass is 19.4. The van der Waals surface area contributed by atoms with Gasteiger partial charge in [-0.25, -0.2) is 4.79 Å². The van der Waals surface area contributed by atoms with E-state index in [1.165, 1.54) is 12.1 Å². The van der Waals surface area contributed by atoms with Crippen molar-refractivity contribution in [3.05, 3.63) is 59.7 Å². The second kappa shape index (κ2) is 8.37. The molecule has 0 saturated carbocycles. The smallest absolute Gasteiger partial charge is 0.416 e. The number of hydrogen-bond acceptors (Lipinski definition) is 4. The van der Waals surface area contributed by atoms with Crippen LogP contribution in [0.3, 0.4) is 0 Å². The van der Waals surface area contributed by atoms with Gasteiger partial charge in [0.1, 0.15) is 5.75 Å². The fourth-order valence-electron chi connectivity index (χ4n) is 2.05. The average Bonchev–Trinajstić information content (AvgIpc) is 2.60. The molecule has 1 N–H and O–H groups in total. The summed E-state index contributed by atoms with van der Waals surface area (Å²) in [4.78, 5) is 23.4. The lowest BCUT2D eigenvalue weighted by atomic mass is 10.1. The fraction of sp³-hybridized carbons (Fsp3) is 0.222. The Labute approximate surface area is 147 Å². The van der Waals surface area contributed by atoms with Crippen LogP contribution >= 0.6 is 0 Å². The van der Waals surface area contributed by atoms with E-state index in [0.717, 1.165) is 18.2 Å². The summed E-state index contributed by atoms with van der Waals surface area (Å²) in [5, 5.41) is 2.49. The zero-order valence-corrected chi connectivity index (χ0v) is 13.8. The minimum absolute atomic E-state index is 0.127. The molecule has 0 aliphatic carbocycles. The molecule has 26 heavy (non-hydrogen) atoms. The minimum Gasteiger partial charge on any atom is -0.482 e. The van der Waals surface area contributed by atoms with Crippen LogP contribution in [0, 0.1) is 0 Å². The Bertz CT molecular complexity index is 790. The molecule has 8 heteroatoms. The van der Waals surface area contributed by atoms with Gasteiger partial charge in [0.15, 0.2) is 6.61 Å². The van der Waals surface area contributed by atoms with Crippen LogP contribution in [0.1, 0.15) is 22.8 Å². The van der Waals surface area contributed by atoms with Crippen molar-refractivity contribution in [2.24, 2.45) is 0 Å². The lowest BCUT2D eigenvalue weighted by Crippen LogP contribution is -2.15. The quantitative estimate of drug-likeness (QED) is 0.787. The van der Waals surface area contributed by atoms with E-state index in [4.69, 9.17) is 9.47 Å². The third-order valence-electron chi connectivity index (χ3n) is 3.21. The van der Waals surface area contributed by atoms with Crippen LogP contribution in [-0.2, 0) is 15.7 Å². The number of amides is 1. The third-order valence-corrected chi connectivity index (χ3v) is 3.21. The van der Waals surface area contributed by atoms with Gasteiger partial charge in [-0.2, -0.15) is 13.2 Å². The molecule has 0 fully saturated rings. The predicted molar refractivity (Wildman–Crippen MR) is 88.0 cm³/mol. The zero-order valence-electron chi connectivity index (χ0n) is 13.8. The van der Waals surface area contributed by atoms with Crippen molar-refractivity contribution >= 4 is 17.6 Å². The van der Waals surface area contributed by atoms with Crippen LogP contribution < -0.4 is 10.1 Å². The van der Waals surface area contributed by atoms with Gasteiger partial charge < -0.3 is 14.8 Å². The van der Waals surface area contributed by atoms with Crippen LogP contribution in [0.4, 0.5) is 18.9 Å². The number of carbonyl (C=O) groups excluding carboxylic acids is 2. The maximum Gasteiger partial charge on any atom is 0.416 e. The van der Waals surface area contributed by atoms with E-state index in [1.54, 1.807) is 25.1 Å². The summed E-state index contributed by atoms with van der Waals surface area (Å²) in [5.41, 5.74) is -0.719. The second-order valence-corrected chi connectivity index (χ2v) is 5.15. The SMILES string of the molecule is CCOC(=O)COc1cccc(NC(=O)c2cccc(C(F)(F)F)c2)c1. The highest BCUT2D eigenvalue weighted by Crippen LogP contribution is 2.29. The van der Waals surface area contributed by atoms with E-state index in [2.05, 4.69) is 5.32 Å². The van der Waals surface area contributed by atoms with Gasteiger partial charge in [0.05, 0.1) is 12.2 Å². The van der Waals surface area contributed by atoms with Crippen LogP contribution in [0.5, 0.6) is 5.75 Å². The second-order valence-electron chi connectivity index (χ2n) is 5.15. The number of benzene rings is 2. The molecule has 0 aliphatic heterocycles. The molecule has 1 amide bonds. The van der Waals surface area contributed by atoms with Crippen LogP contribution in [-0.4, -0.2) is 25.1 Å². The van der Waals surface area contributed by atoms with Crippen LogP contribution in [0.15, 0.2) is 48.5 Å². The first-order valence-electron chi connectivity index (χ1n) is 7.66. The van der Waals surface area contributed by atoms with E-state index in [1.807, 2.05) is 0 Å². The molecular weight excluding hydrogens is 351 g/mol. The molecule has 0 saturated heterocycles. The van der Waals surface area contributed by atoms with E-state index >= 15 is 0 Å². The summed E-state index contributed by atoms with van der Waals surface area (Å²) >= 11 is 0. The molecule has 5 nitrogen and oxygen atoms in total. The summed E-state index contributed by atoms with van der Waals surface area (Å²) in [5.74, 6) is -0.926. The molecule has 2 rings (SSSR count). The number of nitrogens with one attached hydrogen (secondary N) is 1. The number of anilines is 1. The molecule has 0 atom stereocenters. The maximum absolute atomic E-state index is 12.7. The molecule has 0 bridgehead atoms. The molecule has 0 aliphatic rings. The maximum atomic E-state index is 12.7. The van der Waals surface area contributed by atoms with Crippen LogP contribution in [0.2, 0.25) is 0 Å². The first kappa shape index (κ1) is 19.3.